The van der Waals surface area contributed by atoms with Gasteiger partial charge in [0.2, 0.25) is 18.2 Å². The van der Waals surface area contributed by atoms with E-state index in [-0.39, 0.29) is 45.1 Å². The Kier molecular flexibility index (Phi) is 11.5. The first-order valence-corrected chi connectivity index (χ1v) is 16.7. The van der Waals surface area contributed by atoms with Gasteiger partial charge in [-0.3, -0.25) is 14.4 Å². The molecule has 0 radical (unpaired) electrons. The molecular formula is C38H41N3O8. The Morgan fingerprint density at radius 3 is 2.06 bits per heavy atom. The third kappa shape index (κ3) is 9.00. The molecule has 3 aliphatic heterocycles. The standard InChI is InChI=1S/C38H41N3O8/c42-33-24-40(38-48-37(49-38)29-17-8-3-9-18-29)21-11-10-19-30(35(44)46-25-27-13-4-1-5-14-27)23-31(39-34(43)32-20-12-22-41(32)33)36(45)47-26-28-15-6-2-7-16-28/h1-11,13-18,30-32,37-38H,12,19-26H2,(H,39,43)/t30-,31-,32-,37?,38?/m0/s1. The summed E-state index contributed by atoms with van der Waals surface area (Å²) < 4.78 is 23.4. The summed E-state index contributed by atoms with van der Waals surface area (Å²) in [6, 6.07) is 26.2. The highest BCUT2D eigenvalue weighted by atomic mass is 16.9. The van der Waals surface area contributed by atoms with Crippen LogP contribution in [0.5, 0.6) is 0 Å². The molecule has 0 spiro atoms. The maximum Gasteiger partial charge on any atom is 0.328 e. The number of hydrogen-bond donors (Lipinski definition) is 1. The Labute approximate surface area is 285 Å². The van der Waals surface area contributed by atoms with Crippen LogP contribution in [0.3, 0.4) is 0 Å². The molecular weight excluding hydrogens is 626 g/mol. The van der Waals surface area contributed by atoms with Crippen molar-refractivity contribution in [1.29, 1.82) is 0 Å². The van der Waals surface area contributed by atoms with Crippen LogP contribution in [0.25, 0.3) is 0 Å². The fourth-order valence-electron chi connectivity index (χ4n) is 6.19. The molecule has 0 unspecified atom stereocenters. The van der Waals surface area contributed by atoms with E-state index in [2.05, 4.69) is 5.32 Å². The molecule has 3 aromatic carbocycles. The van der Waals surface area contributed by atoms with E-state index < -0.39 is 48.6 Å². The van der Waals surface area contributed by atoms with Gasteiger partial charge < -0.3 is 29.2 Å². The van der Waals surface area contributed by atoms with E-state index in [1.807, 2.05) is 103 Å². The molecule has 0 aromatic heterocycles. The number of nitrogens with one attached hydrogen (secondary N) is 1. The number of esters is 2. The van der Waals surface area contributed by atoms with Crippen LogP contribution < -0.4 is 5.32 Å². The highest BCUT2D eigenvalue weighted by Crippen LogP contribution is 2.33. The molecule has 0 aliphatic carbocycles. The average molecular weight is 668 g/mol. The van der Waals surface area contributed by atoms with Crippen molar-refractivity contribution in [1.82, 2.24) is 15.1 Å². The highest BCUT2D eigenvalue weighted by Gasteiger charge is 2.41. The molecule has 2 amide bonds. The van der Waals surface area contributed by atoms with Gasteiger partial charge in [0.1, 0.15) is 25.3 Å². The summed E-state index contributed by atoms with van der Waals surface area (Å²) >= 11 is 0. The molecule has 0 saturated carbocycles. The smallest absolute Gasteiger partial charge is 0.328 e. The highest BCUT2D eigenvalue weighted by molar-refractivity contribution is 5.92. The summed E-state index contributed by atoms with van der Waals surface area (Å²) in [4.78, 5) is 57.8. The topological polar surface area (TPSA) is 124 Å². The summed E-state index contributed by atoms with van der Waals surface area (Å²) in [5.41, 5.74) is 2.49. The van der Waals surface area contributed by atoms with Crippen LogP contribution in [0.4, 0.5) is 0 Å². The van der Waals surface area contributed by atoms with Gasteiger partial charge in [0.05, 0.1) is 12.5 Å². The first-order valence-electron chi connectivity index (χ1n) is 16.7. The summed E-state index contributed by atoms with van der Waals surface area (Å²) in [5.74, 6) is -2.65. The minimum atomic E-state index is -1.14. The minimum Gasteiger partial charge on any atom is -0.461 e. The van der Waals surface area contributed by atoms with Gasteiger partial charge in [-0.05, 0) is 36.8 Å². The van der Waals surface area contributed by atoms with Gasteiger partial charge >= 0.3 is 11.9 Å². The molecule has 11 heteroatoms. The number of benzene rings is 3. The Hall–Kier alpha value is -4.84. The predicted molar refractivity (Wildman–Crippen MR) is 178 cm³/mol. The van der Waals surface area contributed by atoms with Crippen LogP contribution >= 0.6 is 0 Å². The number of rotatable bonds is 8. The number of nitrogens with zero attached hydrogens (tertiary/aromatic N) is 2. The zero-order chi connectivity index (χ0) is 34.0. The largest absolute Gasteiger partial charge is 0.461 e. The molecule has 3 heterocycles. The van der Waals surface area contributed by atoms with Crippen LogP contribution in [0, 0.1) is 5.92 Å². The van der Waals surface area contributed by atoms with E-state index in [4.69, 9.17) is 18.9 Å². The third-order valence-electron chi connectivity index (χ3n) is 8.89. The maximum atomic E-state index is 13.8. The summed E-state index contributed by atoms with van der Waals surface area (Å²) in [6.45, 7) is 0.718. The molecule has 1 N–H and O–H groups in total. The zero-order valence-electron chi connectivity index (χ0n) is 27.2. The lowest BCUT2D eigenvalue weighted by Gasteiger charge is -2.42. The summed E-state index contributed by atoms with van der Waals surface area (Å²) in [6.07, 6.45) is 3.60. The van der Waals surface area contributed by atoms with Crippen molar-refractivity contribution in [3.63, 3.8) is 0 Å². The number of hydrogen-bond acceptors (Lipinski definition) is 9. The number of ether oxygens (including phenoxy) is 4. The first kappa shape index (κ1) is 34.0. The van der Waals surface area contributed by atoms with Crippen LogP contribution in [0.2, 0.25) is 0 Å². The van der Waals surface area contributed by atoms with Gasteiger partial charge in [0.25, 0.3) is 0 Å². The second-order valence-electron chi connectivity index (χ2n) is 12.4. The van der Waals surface area contributed by atoms with Crippen molar-refractivity contribution >= 4 is 23.8 Å². The minimum absolute atomic E-state index is 0.00930. The lowest BCUT2D eigenvalue weighted by molar-refractivity contribution is -0.433. The third-order valence-corrected chi connectivity index (χ3v) is 8.89. The van der Waals surface area contributed by atoms with E-state index >= 15 is 0 Å². The van der Waals surface area contributed by atoms with Crippen LogP contribution in [-0.4, -0.2) is 71.7 Å². The van der Waals surface area contributed by atoms with Gasteiger partial charge in [0.15, 0.2) is 6.29 Å². The van der Waals surface area contributed by atoms with E-state index in [1.54, 1.807) is 9.80 Å². The molecule has 6 rings (SSSR count). The van der Waals surface area contributed by atoms with Crippen molar-refractivity contribution < 1.29 is 38.1 Å². The molecule has 3 atom stereocenters. The SMILES string of the molecule is O=C(OCc1ccccc1)[C@H]1CC=CCN(C2OC(c3ccccc3)O2)CC(=O)N2CCC[C@H]2C(=O)N[C@H](C(=O)OCc2ccccc2)C1. The zero-order valence-corrected chi connectivity index (χ0v) is 27.2. The molecule has 0 bridgehead atoms. The fraction of sp³-hybridized carbons (Fsp3) is 0.368. The molecule has 3 aromatic rings. The number of carbonyl (C=O) groups is 4. The molecule has 2 fully saturated rings. The number of fused-ring (bicyclic) bond motifs is 1. The van der Waals surface area contributed by atoms with Crippen molar-refractivity contribution in [2.24, 2.45) is 5.92 Å². The van der Waals surface area contributed by atoms with Crippen molar-refractivity contribution in [3.05, 3.63) is 120 Å². The molecule has 49 heavy (non-hydrogen) atoms. The van der Waals surface area contributed by atoms with Gasteiger partial charge in [-0.25, -0.2) is 9.69 Å². The van der Waals surface area contributed by atoms with E-state index in [0.717, 1.165) is 16.7 Å². The lowest BCUT2D eigenvalue weighted by Crippen LogP contribution is -2.55. The average Bonchev–Trinajstić information content (AvgIpc) is 3.61. The van der Waals surface area contributed by atoms with Gasteiger partial charge in [-0.15, -0.1) is 0 Å². The molecule has 256 valence electrons. The maximum absolute atomic E-state index is 13.8. The van der Waals surface area contributed by atoms with E-state index in [9.17, 15) is 19.2 Å². The van der Waals surface area contributed by atoms with Crippen LogP contribution in [0.15, 0.2) is 103 Å². The quantitative estimate of drug-likeness (QED) is 0.278. The Bertz CT molecular complexity index is 1600. The van der Waals surface area contributed by atoms with E-state index in [1.165, 1.54) is 0 Å². The van der Waals surface area contributed by atoms with Crippen molar-refractivity contribution in [3.8, 4) is 0 Å². The van der Waals surface area contributed by atoms with Crippen molar-refractivity contribution in [2.75, 3.05) is 19.6 Å². The second-order valence-corrected chi connectivity index (χ2v) is 12.4. The normalized spacial score (nSPS) is 25.0. The number of amides is 2. The Morgan fingerprint density at radius 2 is 1.41 bits per heavy atom. The predicted octanol–water partition coefficient (Wildman–Crippen LogP) is 4.25. The van der Waals surface area contributed by atoms with E-state index in [0.29, 0.717) is 19.4 Å². The Morgan fingerprint density at radius 1 is 0.796 bits per heavy atom. The van der Waals surface area contributed by atoms with Crippen LogP contribution in [0.1, 0.15) is 48.7 Å². The van der Waals surface area contributed by atoms with Gasteiger partial charge in [0, 0.05) is 18.7 Å². The molecule has 3 aliphatic rings. The Balaban J connectivity index is 1.21. The van der Waals surface area contributed by atoms with Gasteiger partial charge in [-0.1, -0.05) is 103 Å². The number of allylic oxidation sites excluding steroid dienone is 1. The molecule has 11 nitrogen and oxygen atoms in total. The molecule has 2 saturated heterocycles. The first-order chi connectivity index (χ1) is 23.9. The van der Waals surface area contributed by atoms with Gasteiger partial charge in [-0.2, -0.15) is 0 Å². The second kappa shape index (κ2) is 16.5. The summed E-state index contributed by atoms with van der Waals surface area (Å²) in [5, 5.41) is 2.84. The monoisotopic (exact) mass is 667 g/mol. The lowest BCUT2D eigenvalue weighted by atomic mass is 9.95. The summed E-state index contributed by atoms with van der Waals surface area (Å²) in [7, 11) is 0. The van der Waals surface area contributed by atoms with Crippen LogP contribution in [-0.2, 0) is 51.3 Å². The fourth-order valence-corrected chi connectivity index (χ4v) is 6.19. The number of carbonyl (C=O) groups excluding carboxylic acids is 4. The van der Waals surface area contributed by atoms with Crippen molar-refractivity contribution in [2.45, 2.75) is 63.7 Å².